The van der Waals surface area contributed by atoms with Crippen molar-refractivity contribution in [2.75, 3.05) is 17.2 Å². The SMILES string of the molecule is N#Cc1cnc(Nc2ccc3ncsc3c2)cc1NC(c1ccccc1)C(O)CO. The highest BCUT2D eigenvalue weighted by Crippen LogP contribution is 2.29. The molecule has 8 heteroatoms. The summed E-state index contributed by atoms with van der Waals surface area (Å²) in [4.78, 5) is 8.60. The lowest BCUT2D eigenvalue weighted by Gasteiger charge is -2.25. The molecule has 7 nitrogen and oxygen atoms in total. The van der Waals surface area contributed by atoms with Gasteiger partial charge in [-0.05, 0) is 23.8 Å². The van der Waals surface area contributed by atoms with Gasteiger partial charge in [0.05, 0.1) is 39.6 Å². The first-order valence-electron chi connectivity index (χ1n) is 9.29. The number of pyridine rings is 1. The molecule has 2 aromatic carbocycles. The zero-order chi connectivity index (χ0) is 20.9. The van der Waals surface area contributed by atoms with Gasteiger partial charge in [-0.25, -0.2) is 9.97 Å². The van der Waals surface area contributed by atoms with Crippen LogP contribution >= 0.6 is 11.3 Å². The van der Waals surface area contributed by atoms with Crippen LogP contribution in [0.4, 0.5) is 17.2 Å². The number of aliphatic hydroxyl groups excluding tert-OH is 2. The third kappa shape index (κ3) is 4.23. The van der Waals surface area contributed by atoms with Crippen molar-refractivity contribution in [3.8, 4) is 6.07 Å². The van der Waals surface area contributed by atoms with Crippen LogP contribution in [0, 0.1) is 11.3 Å². The number of nitrogens with one attached hydrogen (secondary N) is 2. The molecule has 0 spiro atoms. The molecule has 4 aromatic rings. The Kier molecular flexibility index (Phi) is 5.86. The first-order valence-corrected chi connectivity index (χ1v) is 10.2. The lowest BCUT2D eigenvalue weighted by molar-refractivity contribution is 0.0795. The van der Waals surface area contributed by atoms with Crippen LogP contribution in [0.15, 0.2) is 66.3 Å². The minimum absolute atomic E-state index is 0.338. The second-order valence-corrected chi connectivity index (χ2v) is 7.56. The average molecular weight is 417 g/mol. The monoisotopic (exact) mass is 417 g/mol. The molecule has 0 aliphatic carbocycles. The van der Waals surface area contributed by atoms with Crippen molar-refractivity contribution >= 4 is 38.7 Å². The Balaban J connectivity index is 1.64. The Labute approximate surface area is 177 Å². The highest BCUT2D eigenvalue weighted by Gasteiger charge is 2.22. The molecular weight excluding hydrogens is 398 g/mol. The smallest absolute Gasteiger partial charge is 0.132 e. The number of thiazole rings is 1. The summed E-state index contributed by atoms with van der Waals surface area (Å²) in [5.74, 6) is 0.547. The van der Waals surface area contributed by atoms with Gasteiger partial charge in [-0.3, -0.25) is 0 Å². The lowest BCUT2D eigenvalue weighted by Crippen LogP contribution is -2.29. The van der Waals surface area contributed by atoms with Gasteiger partial charge in [-0.2, -0.15) is 5.26 Å². The fourth-order valence-corrected chi connectivity index (χ4v) is 3.86. The zero-order valence-electron chi connectivity index (χ0n) is 15.9. The molecule has 30 heavy (non-hydrogen) atoms. The van der Waals surface area contributed by atoms with Gasteiger partial charge in [-0.1, -0.05) is 30.3 Å². The van der Waals surface area contributed by atoms with Crippen molar-refractivity contribution in [2.45, 2.75) is 12.1 Å². The first kappa shape index (κ1) is 19.8. The van der Waals surface area contributed by atoms with Crippen molar-refractivity contribution in [3.05, 3.63) is 77.4 Å². The van der Waals surface area contributed by atoms with Gasteiger partial charge in [0, 0.05) is 18.0 Å². The molecule has 4 N–H and O–H groups in total. The summed E-state index contributed by atoms with van der Waals surface area (Å²) >= 11 is 1.55. The van der Waals surface area contributed by atoms with Gasteiger partial charge in [-0.15, -0.1) is 11.3 Å². The van der Waals surface area contributed by atoms with Crippen molar-refractivity contribution in [1.29, 1.82) is 5.26 Å². The largest absolute Gasteiger partial charge is 0.394 e. The van der Waals surface area contributed by atoms with Gasteiger partial charge in [0.2, 0.25) is 0 Å². The Hall–Kier alpha value is -3.51. The molecule has 0 saturated carbocycles. The molecule has 0 bridgehead atoms. The predicted molar refractivity (Wildman–Crippen MR) is 118 cm³/mol. The number of benzene rings is 2. The van der Waals surface area contributed by atoms with E-state index in [1.165, 1.54) is 6.20 Å². The Morgan fingerprint density at radius 1 is 1.10 bits per heavy atom. The summed E-state index contributed by atoms with van der Waals surface area (Å²) in [5.41, 5.74) is 5.23. The Bertz CT molecular complexity index is 1190. The maximum atomic E-state index is 10.3. The van der Waals surface area contributed by atoms with Gasteiger partial charge in [0.15, 0.2) is 0 Å². The van der Waals surface area contributed by atoms with Gasteiger partial charge >= 0.3 is 0 Å². The number of aromatic nitrogens is 2. The number of rotatable bonds is 7. The standard InChI is InChI=1S/C22H19N5O2S/c23-10-15-11-24-21(26-16-6-7-17-20(8-16)30-13-25-17)9-18(15)27-22(19(29)12-28)14-4-2-1-3-5-14/h1-9,11,13,19,22,28-29H,12H2,(H2,24,26,27). The summed E-state index contributed by atoms with van der Waals surface area (Å²) in [7, 11) is 0. The van der Waals surface area contributed by atoms with E-state index >= 15 is 0 Å². The van der Waals surface area contributed by atoms with E-state index in [4.69, 9.17) is 0 Å². The summed E-state index contributed by atoms with van der Waals surface area (Å²) in [6.07, 6.45) is 0.431. The second-order valence-electron chi connectivity index (χ2n) is 6.67. The summed E-state index contributed by atoms with van der Waals surface area (Å²) in [6.45, 7) is -0.417. The van der Waals surface area contributed by atoms with Gasteiger partial charge < -0.3 is 20.8 Å². The number of hydrogen-bond acceptors (Lipinski definition) is 8. The van der Waals surface area contributed by atoms with E-state index in [1.807, 2.05) is 48.5 Å². The number of anilines is 3. The molecule has 2 atom stereocenters. The molecule has 0 aliphatic rings. The molecule has 0 fully saturated rings. The lowest BCUT2D eigenvalue weighted by atomic mass is 10.0. The van der Waals surface area contributed by atoms with Crippen LogP contribution in [0.3, 0.4) is 0 Å². The molecule has 4 rings (SSSR count). The highest BCUT2D eigenvalue weighted by molar-refractivity contribution is 7.16. The fraction of sp³-hybridized carbons (Fsp3) is 0.136. The maximum absolute atomic E-state index is 10.3. The molecule has 0 saturated heterocycles. The quantitative estimate of drug-likeness (QED) is 0.361. The molecule has 0 aliphatic heterocycles. The number of hydrogen-bond donors (Lipinski definition) is 4. The molecular formula is C22H19N5O2S. The average Bonchev–Trinajstić information content (AvgIpc) is 3.25. The van der Waals surface area contributed by atoms with Crippen LogP contribution in [-0.2, 0) is 0 Å². The third-order valence-electron chi connectivity index (χ3n) is 4.67. The number of fused-ring (bicyclic) bond motifs is 1. The first-order chi connectivity index (χ1) is 14.7. The van der Waals surface area contributed by atoms with E-state index in [1.54, 1.807) is 22.9 Å². The number of nitrogens with zero attached hydrogens (tertiary/aromatic N) is 3. The van der Waals surface area contributed by atoms with Crippen LogP contribution in [0.5, 0.6) is 0 Å². The minimum atomic E-state index is -1.04. The van der Waals surface area contributed by atoms with Crippen LogP contribution in [-0.4, -0.2) is 32.9 Å². The molecule has 0 amide bonds. The van der Waals surface area contributed by atoms with E-state index in [0.717, 1.165) is 21.5 Å². The molecule has 2 heterocycles. The van der Waals surface area contributed by atoms with Crippen LogP contribution < -0.4 is 10.6 Å². The Morgan fingerprint density at radius 3 is 2.70 bits per heavy atom. The zero-order valence-corrected chi connectivity index (χ0v) is 16.7. The number of nitriles is 1. The summed E-state index contributed by atoms with van der Waals surface area (Å²) < 4.78 is 1.06. The molecule has 2 aromatic heterocycles. The summed E-state index contributed by atoms with van der Waals surface area (Å²) in [5, 5.41) is 35.8. The minimum Gasteiger partial charge on any atom is -0.394 e. The van der Waals surface area contributed by atoms with Crippen molar-refractivity contribution in [1.82, 2.24) is 9.97 Å². The van der Waals surface area contributed by atoms with Crippen molar-refractivity contribution in [2.24, 2.45) is 0 Å². The normalized spacial score (nSPS) is 12.8. The molecule has 0 radical (unpaired) electrons. The van der Waals surface area contributed by atoms with Crippen LogP contribution in [0.1, 0.15) is 17.2 Å². The fourth-order valence-electron chi connectivity index (χ4n) is 3.15. The predicted octanol–water partition coefficient (Wildman–Crippen LogP) is 3.81. The molecule has 2 unspecified atom stereocenters. The van der Waals surface area contributed by atoms with E-state index in [0.29, 0.717) is 17.1 Å². The number of aliphatic hydroxyl groups is 2. The van der Waals surface area contributed by atoms with Crippen molar-refractivity contribution < 1.29 is 10.2 Å². The van der Waals surface area contributed by atoms with Crippen molar-refractivity contribution in [3.63, 3.8) is 0 Å². The van der Waals surface area contributed by atoms with Crippen LogP contribution in [0.25, 0.3) is 10.2 Å². The van der Waals surface area contributed by atoms with E-state index in [-0.39, 0.29) is 0 Å². The Morgan fingerprint density at radius 2 is 1.93 bits per heavy atom. The second kappa shape index (κ2) is 8.88. The van der Waals surface area contributed by atoms with Gasteiger partial charge in [0.25, 0.3) is 0 Å². The van der Waals surface area contributed by atoms with E-state index in [9.17, 15) is 15.5 Å². The van der Waals surface area contributed by atoms with Gasteiger partial charge in [0.1, 0.15) is 18.0 Å². The third-order valence-corrected chi connectivity index (χ3v) is 5.46. The van der Waals surface area contributed by atoms with E-state index < -0.39 is 18.8 Å². The van der Waals surface area contributed by atoms with E-state index in [2.05, 4.69) is 26.7 Å². The topological polar surface area (TPSA) is 114 Å². The van der Waals surface area contributed by atoms with Crippen LogP contribution in [0.2, 0.25) is 0 Å². The summed E-state index contributed by atoms with van der Waals surface area (Å²) in [6, 6.07) is 18.4. The molecule has 150 valence electrons. The highest BCUT2D eigenvalue weighted by atomic mass is 32.1. The maximum Gasteiger partial charge on any atom is 0.132 e.